The standard InChI is InChI=1S/C21H31N2O9P.C2H6.CH5N/c1-20(2,3)16(25)17(26)33(31-12-29-18(27)21(4,5)6)30-11-13-7-8-15(32-13)23-10-9-14(24)22-19(23)28;2*1-2/h9-10,13,15H,7-8,11-12H2,1-6H3,(H,22,24,28);1-2H3;2H2,1H3. The molecule has 13 heteroatoms. The van der Waals surface area contributed by atoms with E-state index in [9.17, 15) is 24.0 Å². The van der Waals surface area contributed by atoms with Crippen molar-refractivity contribution in [1.29, 1.82) is 0 Å². The van der Waals surface area contributed by atoms with Crippen LogP contribution in [0, 0.1) is 10.8 Å². The Labute approximate surface area is 219 Å². The number of nitrogens with two attached hydrogens (primary N) is 1. The number of H-pyrrole nitrogens is 1. The molecule has 1 aromatic rings. The van der Waals surface area contributed by atoms with Gasteiger partial charge in [-0.3, -0.25) is 33.3 Å². The molecule has 1 fully saturated rings. The number of hydrogen-bond donors (Lipinski definition) is 2. The van der Waals surface area contributed by atoms with Crippen LogP contribution in [0.4, 0.5) is 0 Å². The van der Waals surface area contributed by atoms with Gasteiger partial charge >= 0.3 is 11.7 Å². The molecule has 0 radical (unpaired) electrons. The van der Waals surface area contributed by atoms with E-state index in [0.717, 1.165) is 0 Å². The zero-order valence-corrected chi connectivity index (χ0v) is 24.2. The number of hydrogen-bond acceptors (Lipinski definition) is 10. The minimum atomic E-state index is -2.35. The molecule has 37 heavy (non-hydrogen) atoms. The molecule has 3 unspecified atom stereocenters. The van der Waals surface area contributed by atoms with Gasteiger partial charge in [-0.25, -0.2) is 4.79 Å². The van der Waals surface area contributed by atoms with Crippen molar-refractivity contribution in [2.24, 2.45) is 16.6 Å². The first-order chi connectivity index (χ1) is 17.2. The number of nitrogens with one attached hydrogen (secondary N) is 1. The summed E-state index contributed by atoms with van der Waals surface area (Å²) < 4.78 is 23.1. The van der Waals surface area contributed by atoms with E-state index < -0.39 is 66.9 Å². The van der Waals surface area contributed by atoms with Gasteiger partial charge in [0.05, 0.1) is 18.1 Å². The molecule has 1 saturated heterocycles. The summed E-state index contributed by atoms with van der Waals surface area (Å²) in [6, 6.07) is 1.22. The highest BCUT2D eigenvalue weighted by molar-refractivity contribution is 7.69. The van der Waals surface area contributed by atoms with Crippen LogP contribution >= 0.6 is 8.38 Å². The molecule has 1 aromatic heterocycles. The minimum absolute atomic E-state index is 0.0727. The zero-order valence-electron chi connectivity index (χ0n) is 23.3. The van der Waals surface area contributed by atoms with Crippen LogP contribution in [-0.2, 0) is 32.9 Å². The summed E-state index contributed by atoms with van der Waals surface area (Å²) in [7, 11) is -0.849. The number of aromatic nitrogens is 2. The maximum Gasteiger partial charge on any atom is 0.330 e. The number of nitrogens with zero attached hydrogens (tertiary/aromatic N) is 1. The fraction of sp³-hybridized carbons (Fsp3) is 0.708. The Morgan fingerprint density at radius 1 is 1.05 bits per heavy atom. The molecule has 0 aromatic carbocycles. The number of rotatable bonds is 9. The number of carbonyl (C=O) groups is 3. The van der Waals surface area contributed by atoms with Crippen molar-refractivity contribution >= 4 is 25.7 Å². The first-order valence-corrected chi connectivity index (χ1v) is 13.2. The average molecular weight is 548 g/mol. The normalized spacial score (nSPS) is 18.0. The summed E-state index contributed by atoms with van der Waals surface area (Å²) in [6.45, 7) is 13.2. The van der Waals surface area contributed by atoms with Gasteiger partial charge in [-0.1, -0.05) is 34.6 Å². The van der Waals surface area contributed by atoms with Crippen LogP contribution in [0.2, 0.25) is 0 Å². The van der Waals surface area contributed by atoms with E-state index >= 15 is 0 Å². The summed E-state index contributed by atoms with van der Waals surface area (Å²) in [5, 5.41) is 0. The molecule has 0 saturated carbocycles. The Hall–Kier alpha value is -2.24. The van der Waals surface area contributed by atoms with Crippen molar-refractivity contribution in [1.82, 2.24) is 9.55 Å². The molecule has 3 atom stereocenters. The number of Topliss-reactive ketones (excluding diaryl/α,β-unsaturated/α-hetero) is 1. The highest BCUT2D eigenvalue weighted by atomic mass is 31.2. The van der Waals surface area contributed by atoms with E-state index in [1.165, 1.54) is 23.9 Å². The molecule has 12 nitrogen and oxygen atoms in total. The van der Waals surface area contributed by atoms with Gasteiger partial charge in [0.1, 0.15) is 6.23 Å². The molecule has 1 aliphatic rings. The Bertz CT molecular complexity index is 993. The van der Waals surface area contributed by atoms with Crippen molar-refractivity contribution in [3.05, 3.63) is 33.1 Å². The molecule has 212 valence electrons. The molecular formula is C24H42N3O9P. The van der Waals surface area contributed by atoms with Gasteiger partial charge in [-0.05, 0) is 40.7 Å². The van der Waals surface area contributed by atoms with Crippen molar-refractivity contribution in [2.75, 3.05) is 20.4 Å². The molecule has 1 aliphatic heterocycles. The maximum atomic E-state index is 12.7. The lowest BCUT2D eigenvalue weighted by molar-refractivity contribution is -0.160. The van der Waals surface area contributed by atoms with Gasteiger partial charge in [-0.15, -0.1) is 0 Å². The van der Waals surface area contributed by atoms with Gasteiger partial charge in [0.2, 0.25) is 5.78 Å². The van der Waals surface area contributed by atoms with Crippen LogP contribution in [0.15, 0.2) is 21.9 Å². The Morgan fingerprint density at radius 3 is 2.16 bits per heavy atom. The van der Waals surface area contributed by atoms with Crippen LogP contribution in [0.1, 0.15) is 74.5 Å². The first-order valence-electron chi connectivity index (χ1n) is 12.1. The lowest BCUT2D eigenvalue weighted by atomic mass is 9.92. The maximum absolute atomic E-state index is 12.7. The van der Waals surface area contributed by atoms with Gasteiger partial charge in [0.25, 0.3) is 19.5 Å². The molecule has 2 rings (SSSR count). The van der Waals surface area contributed by atoms with E-state index in [2.05, 4.69) is 10.7 Å². The summed E-state index contributed by atoms with van der Waals surface area (Å²) in [5.74, 6) is -1.19. The number of esters is 1. The smallest absolute Gasteiger partial charge is 0.330 e. The third-order valence-corrected chi connectivity index (χ3v) is 5.90. The van der Waals surface area contributed by atoms with E-state index in [1.807, 2.05) is 13.8 Å². The Kier molecular flexibility index (Phi) is 14.9. The molecule has 0 amide bonds. The number of aromatic amines is 1. The summed E-state index contributed by atoms with van der Waals surface area (Å²) in [4.78, 5) is 62.5. The van der Waals surface area contributed by atoms with E-state index in [-0.39, 0.29) is 6.61 Å². The lowest BCUT2D eigenvalue weighted by Gasteiger charge is -2.22. The quantitative estimate of drug-likeness (QED) is 0.203. The molecule has 2 heterocycles. The van der Waals surface area contributed by atoms with Gasteiger partial charge < -0.3 is 19.7 Å². The predicted octanol–water partition coefficient (Wildman–Crippen LogP) is 2.85. The zero-order chi connectivity index (χ0) is 29.0. The van der Waals surface area contributed by atoms with E-state index in [0.29, 0.717) is 12.8 Å². The average Bonchev–Trinajstić information content (AvgIpc) is 3.30. The van der Waals surface area contributed by atoms with E-state index in [4.69, 9.17) is 18.5 Å². The summed E-state index contributed by atoms with van der Waals surface area (Å²) in [6.07, 6.45) is 1.27. The van der Waals surface area contributed by atoms with E-state index in [1.54, 1.807) is 41.5 Å². The second kappa shape index (κ2) is 15.9. The third-order valence-electron chi connectivity index (χ3n) is 4.64. The Balaban J connectivity index is 0.00000308. The topological polar surface area (TPSA) is 169 Å². The predicted molar refractivity (Wildman–Crippen MR) is 140 cm³/mol. The molecule has 0 aliphatic carbocycles. The number of ketones is 1. The molecule has 0 bridgehead atoms. The van der Waals surface area contributed by atoms with Crippen molar-refractivity contribution < 1.29 is 32.9 Å². The highest BCUT2D eigenvalue weighted by Crippen LogP contribution is 2.43. The SMILES string of the molecule is CC.CC(C)(C)C(=O)OCOP(OCC1CCC(n2ccc(=O)[nH]c2=O)O1)C(=O)C(=O)C(C)(C)C.CN. The number of carbonyl (C=O) groups excluding carboxylic acids is 3. The van der Waals surface area contributed by atoms with Crippen LogP contribution < -0.4 is 17.0 Å². The Morgan fingerprint density at radius 2 is 1.65 bits per heavy atom. The fourth-order valence-electron chi connectivity index (χ4n) is 2.72. The third kappa shape index (κ3) is 11.4. The molecular weight excluding hydrogens is 505 g/mol. The largest absolute Gasteiger partial charge is 0.438 e. The molecule has 3 N–H and O–H groups in total. The second-order valence-corrected chi connectivity index (χ2v) is 11.1. The first kappa shape index (κ1) is 34.8. The van der Waals surface area contributed by atoms with Gasteiger partial charge in [0, 0.05) is 17.7 Å². The summed E-state index contributed by atoms with van der Waals surface area (Å²) >= 11 is 0. The van der Waals surface area contributed by atoms with Crippen LogP contribution in [0.3, 0.4) is 0 Å². The van der Waals surface area contributed by atoms with Crippen LogP contribution in [0.25, 0.3) is 0 Å². The van der Waals surface area contributed by atoms with Crippen molar-refractivity contribution in [3.8, 4) is 0 Å². The highest BCUT2D eigenvalue weighted by Gasteiger charge is 2.37. The van der Waals surface area contributed by atoms with Crippen LogP contribution in [0.5, 0.6) is 0 Å². The lowest BCUT2D eigenvalue weighted by Crippen LogP contribution is -2.32. The second-order valence-electron chi connectivity index (χ2n) is 9.67. The van der Waals surface area contributed by atoms with Crippen molar-refractivity contribution in [3.63, 3.8) is 0 Å². The molecule has 0 spiro atoms. The number of ether oxygens (including phenoxy) is 2. The van der Waals surface area contributed by atoms with Crippen LogP contribution in [-0.4, -0.2) is 53.4 Å². The summed E-state index contributed by atoms with van der Waals surface area (Å²) in [5.41, 5.74) is 0.866. The van der Waals surface area contributed by atoms with Gasteiger partial charge in [-0.2, -0.15) is 0 Å². The fourth-order valence-corrected chi connectivity index (χ4v) is 3.98. The van der Waals surface area contributed by atoms with Gasteiger partial charge in [0.15, 0.2) is 6.79 Å². The van der Waals surface area contributed by atoms with Crippen molar-refractivity contribution in [2.45, 2.75) is 80.6 Å². The monoisotopic (exact) mass is 547 g/mol. The minimum Gasteiger partial charge on any atom is -0.438 e.